The summed E-state index contributed by atoms with van der Waals surface area (Å²) in [6.45, 7) is 3.57. The minimum absolute atomic E-state index is 0.392. The Kier molecular flexibility index (Phi) is 6.28. The van der Waals surface area contributed by atoms with Gasteiger partial charge in [-0.15, -0.1) is 11.8 Å². The largest absolute Gasteiger partial charge is 0.361 e. The van der Waals surface area contributed by atoms with E-state index < -0.39 is 4.92 Å². The molecule has 0 N–H and O–H groups in total. The molecule has 5 heteroatoms. The van der Waals surface area contributed by atoms with E-state index in [1.807, 2.05) is 36.3 Å². The van der Waals surface area contributed by atoms with E-state index >= 15 is 0 Å². The van der Waals surface area contributed by atoms with Crippen molar-refractivity contribution in [1.29, 1.82) is 0 Å². The zero-order valence-corrected chi connectivity index (χ0v) is 11.5. The van der Waals surface area contributed by atoms with E-state index in [-0.39, 0.29) is 0 Å². The van der Waals surface area contributed by atoms with Gasteiger partial charge in [-0.3, -0.25) is 10.1 Å². The summed E-state index contributed by atoms with van der Waals surface area (Å²) in [5.41, 5.74) is 1.25. The zero-order valence-electron chi connectivity index (χ0n) is 10.7. The van der Waals surface area contributed by atoms with Gasteiger partial charge >= 0.3 is 0 Å². The predicted molar refractivity (Wildman–Crippen MR) is 76.0 cm³/mol. The molecule has 0 radical (unpaired) electrons. The van der Waals surface area contributed by atoms with Crippen molar-refractivity contribution in [3.63, 3.8) is 0 Å². The molecule has 0 unspecified atom stereocenters. The Labute approximate surface area is 112 Å². The van der Waals surface area contributed by atoms with Crippen LogP contribution in [0.3, 0.4) is 0 Å². The topological polar surface area (TPSA) is 46.4 Å². The fraction of sp³-hybridized carbons (Fsp3) is 0.385. The first kappa shape index (κ1) is 14.6. The number of thioether (sulfide) groups is 1. The molecule has 0 aromatic heterocycles. The summed E-state index contributed by atoms with van der Waals surface area (Å²) in [7, 11) is 0. The second-order valence-corrected chi connectivity index (χ2v) is 4.60. The average molecular weight is 266 g/mol. The molecule has 0 spiro atoms. The van der Waals surface area contributed by atoms with Crippen LogP contribution in [0.2, 0.25) is 0 Å². The van der Waals surface area contributed by atoms with Gasteiger partial charge < -0.3 is 4.90 Å². The van der Waals surface area contributed by atoms with Gasteiger partial charge in [0.25, 0.3) is 6.20 Å². The van der Waals surface area contributed by atoms with Crippen molar-refractivity contribution < 1.29 is 4.92 Å². The van der Waals surface area contributed by atoms with Crippen LogP contribution >= 0.6 is 11.8 Å². The molecular formula is C13H18N2O2S. The fourth-order valence-corrected chi connectivity index (χ4v) is 2.36. The molecule has 0 aliphatic carbocycles. The van der Waals surface area contributed by atoms with Crippen molar-refractivity contribution in [2.24, 2.45) is 0 Å². The van der Waals surface area contributed by atoms with E-state index in [0.29, 0.717) is 5.03 Å². The predicted octanol–water partition coefficient (Wildman–Crippen LogP) is 2.99. The number of likely N-dealkylation sites (N-methyl/N-ethyl adjacent to an activating group) is 1. The first-order valence-corrected chi connectivity index (χ1v) is 7.08. The van der Waals surface area contributed by atoms with E-state index in [0.717, 1.165) is 25.7 Å². The van der Waals surface area contributed by atoms with Crippen LogP contribution in [0.1, 0.15) is 12.5 Å². The normalized spacial score (nSPS) is 11.3. The molecule has 0 aliphatic rings. The van der Waals surface area contributed by atoms with Gasteiger partial charge in [0.05, 0.1) is 4.92 Å². The molecule has 0 amide bonds. The molecule has 18 heavy (non-hydrogen) atoms. The molecule has 4 nitrogen and oxygen atoms in total. The van der Waals surface area contributed by atoms with Crippen LogP contribution in [0, 0.1) is 10.1 Å². The molecule has 0 aliphatic heterocycles. The second kappa shape index (κ2) is 7.76. The molecule has 98 valence electrons. The van der Waals surface area contributed by atoms with Crippen LogP contribution < -0.4 is 0 Å². The van der Waals surface area contributed by atoms with E-state index in [1.54, 1.807) is 0 Å². The standard InChI is InChI=1S/C13H18N2O2S/c1-3-14(13(18-2)11-15(16)17)10-9-12-7-5-4-6-8-12/h4-8,11H,3,9-10H2,1-2H3. The van der Waals surface area contributed by atoms with Crippen molar-refractivity contribution in [2.75, 3.05) is 19.3 Å². The molecule has 0 saturated carbocycles. The minimum atomic E-state index is -0.392. The molecule has 1 aromatic carbocycles. The van der Waals surface area contributed by atoms with Crippen LogP contribution in [-0.2, 0) is 6.42 Å². The number of nitro groups is 1. The van der Waals surface area contributed by atoms with Gasteiger partial charge in [0.2, 0.25) is 0 Å². The Bertz CT molecular complexity index is 407. The lowest BCUT2D eigenvalue weighted by Crippen LogP contribution is -2.24. The summed E-state index contributed by atoms with van der Waals surface area (Å²) in [6, 6.07) is 10.1. The number of nitrogens with zero attached hydrogens (tertiary/aromatic N) is 2. The third-order valence-corrected chi connectivity index (χ3v) is 3.41. The van der Waals surface area contributed by atoms with E-state index in [4.69, 9.17) is 0 Å². The number of hydrogen-bond acceptors (Lipinski definition) is 4. The second-order valence-electron chi connectivity index (χ2n) is 3.77. The lowest BCUT2D eigenvalue weighted by Gasteiger charge is -2.22. The molecule has 0 bridgehead atoms. The van der Waals surface area contributed by atoms with Crippen LogP contribution in [-0.4, -0.2) is 29.2 Å². The number of benzene rings is 1. The summed E-state index contributed by atoms with van der Waals surface area (Å²) in [5, 5.41) is 11.3. The van der Waals surface area contributed by atoms with Crippen LogP contribution in [0.5, 0.6) is 0 Å². The zero-order chi connectivity index (χ0) is 13.4. The summed E-state index contributed by atoms with van der Waals surface area (Å²) >= 11 is 1.41. The highest BCUT2D eigenvalue weighted by Gasteiger charge is 2.10. The molecule has 0 fully saturated rings. The quantitative estimate of drug-likeness (QED) is 0.562. The van der Waals surface area contributed by atoms with Crippen molar-refractivity contribution in [3.8, 4) is 0 Å². The molecule has 1 rings (SSSR count). The summed E-state index contributed by atoms with van der Waals surface area (Å²) in [5.74, 6) is 0. The van der Waals surface area contributed by atoms with E-state index in [1.165, 1.54) is 17.3 Å². The first-order chi connectivity index (χ1) is 8.67. The average Bonchev–Trinajstić information content (AvgIpc) is 2.38. The Morgan fingerprint density at radius 2 is 2.11 bits per heavy atom. The SMILES string of the molecule is CCN(CCc1ccccc1)C(=C[N+](=O)[O-])SC. The van der Waals surface area contributed by atoms with Gasteiger partial charge in [-0.25, -0.2) is 0 Å². The smallest absolute Gasteiger partial charge is 0.264 e. The third-order valence-electron chi connectivity index (χ3n) is 2.63. The Balaban J connectivity index is 2.64. The molecule has 0 heterocycles. The van der Waals surface area contributed by atoms with E-state index in [9.17, 15) is 10.1 Å². The van der Waals surface area contributed by atoms with E-state index in [2.05, 4.69) is 12.1 Å². The summed E-state index contributed by atoms with van der Waals surface area (Å²) in [4.78, 5) is 12.2. The lowest BCUT2D eigenvalue weighted by atomic mass is 10.1. The van der Waals surface area contributed by atoms with Gasteiger partial charge in [-0.2, -0.15) is 0 Å². The van der Waals surface area contributed by atoms with Crippen LogP contribution in [0.15, 0.2) is 41.6 Å². The summed E-state index contributed by atoms with van der Waals surface area (Å²) in [6.07, 6.45) is 3.84. The minimum Gasteiger partial charge on any atom is -0.361 e. The Morgan fingerprint density at radius 1 is 1.44 bits per heavy atom. The maximum Gasteiger partial charge on any atom is 0.264 e. The van der Waals surface area contributed by atoms with Crippen LogP contribution in [0.4, 0.5) is 0 Å². The third kappa shape index (κ3) is 4.79. The summed E-state index contributed by atoms with van der Waals surface area (Å²) < 4.78 is 0. The maximum atomic E-state index is 10.6. The van der Waals surface area contributed by atoms with Gasteiger partial charge in [0.15, 0.2) is 0 Å². The fourth-order valence-electron chi connectivity index (χ4n) is 1.69. The monoisotopic (exact) mass is 266 g/mol. The highest BCUT2D eigenvalue weighted by Crippen LogP contribution is 2.17. The highest BCUT2D eigenvalue weighted by atomic mass is 32.2. The van der Waals surface area contributed by atoms with Gasteiger partial charge in [0, 0.05) is 13.1 Å². The number of rotatable bonds is 7. The van der Waals surface area contributed by atoms with Crippen molar-refractivity contribution >= 4 is 11.8 Å². The van der Waals surface area contributed by atoms with Crippen molar-refractivity contribution in [2.45, 2.75) is 13.3 Å². The van der Waals surface area contributed by atoms with Crippen molar-refractivity contribution in [1.82, 2.24) is 4.90 Å². The van der Waals surface area contributed by atoms with Gasteiger partial charge in [0.1, 0.15) is 5.03 Å². The number of hydrogen-bond donors (Lipinski definition) is 0. The molecular weight excluding hydrogens is 248 g/mol. The maximum absolute atomic E-state index is 10.6. The van der Waals surface area contributed by atoms with Gasteiger partial charge in [-0.1, -0.05) is 30.3 Å². The Hall–Kier alpha value is -1.49. The van der Waals surface area contributed by atoms with Crippen molar-refractivity contribution in [3.05, 3.63) is 57.2 Å². The van der Waals surface area contributed by atoms with Gasteiger partial charge in [-0.05, 0) is 25.2 Å². The lowest BCUT2D eigenvalue weighted by molar-refractivity contribution is -0.403. The van der Waals surface area contributed by atoms with Crippen LogP contribution in [0.25, 0.3) is 0 Å². The molecule has 0 atom stereocenters. The molecule has 1 aromatic rings. The Morgan fingerprint density at radius 3 is 2.61 bits per heavy atom. The molecule has 0 saturated heterocycles. The highest BCUT2D eigenvalue weighted by molar-refractivity contribution is 8.02. The first-order valence-electron chi connectivity index (χ1n) is 5.85.